The molecule has 9 fully saturated rings. The Morgan fingerprint density at radius 1 is 0.370 bits per heavy atom. The summed E-state index contributed by atoms with van der Waals surface area (Å²) in [5.41, 5.74) is 14.0. The Balaban J connectivity index is 0.000000130. The van der Waals surface area contributed by atoms with E-state index in [4.69, 9.17) is 159 Å². The Labute approximate surface area is 774 Å². The van der Waals surface area contributed by atoms with Gasteiger partial charge in [0.25, 0.3) is 16.7 Å². The summed E-state index contributed by atoms with van der Waals surface area (Å²) in [6.45, 7) is -30.6. The van der Waals surface area contributed by atoms with E-state index in [1.165, 1.54) is 23.2 Å². The summed E-state index contributed by atoms with van der Waals surface area (Å²) in [4.78, 5) is 175. The fraction of sp³-hybridized carbons (Fsp3) is 0.541. The number of Topliss-reactive ketones (excluding diaryl/α,β-unsaturated/α-hetero) is 3. The number of fused-ring (bicyclic) bond motifs is 15. The first-order valence-corrected chi connectivity index (χ1v) is 54.6. The number of anilines is 3. The second-order valence-corrected chi connectivity index (χ2v) is 47.3. The highest BCUT2D eigenvalue weighted by Crippen LogP contribution is 2.62. The Hall–Kier alpha value is -7.55. The molecule has 6 bridgehead atoms. The Morgan fingerprint density at radius 3 is 1.02 bits per heavy atom. The summed E-state index contributed by atoms with van der Waals surface area (Å²) >= 11 is 29.6. The van der Waals surface area contributed by atoms with Gasteiger partial charge in [0.05, 0.1) is 65.0 Å². The standard InChI is InChI=1S/C21H22F2N8O10P2S2.2C20H21F2N9O10P2S2/c22-10-8-3-36-42(34,44)40-14-9(39-19(11(14)23)30-5-26-12-7(32)1-2-25-16(12)30)4-37-43(35,45)41-15(10)20(38-8)31-6-27-13-17(31)28-21(24)29-18(13)33;2*21-9-7-3-36-42(34,44)40-13-8(39-18(10(13)22)31-15-11(28-29-31)6(32)1-2-24-15)4-37-43(35,45)41-14(9)19(38-7)30-5-25-12-16(30)26-20(23)27-17(12)33/h2,5-6,8-11,14-15,19-20H,1,3-4H2,(H,34,44)(H,35,45)(H3,24,28,29,33);2*2,5,7-10,13-14,18-19H,1,3-4H2,(H,34,44)(H,35,45)(H3,23,26,27,33)/t8-,9-,10+,11+,14-,15-,19-,20-,42?,43?;2*7-,8-,9+,10+,13-,14-,18-,19-,42?,43?/m111/s1. The number of aromatic amines is 3. The third-order valence-corrected chi connectivity index (χ3v) is 31.2. The van der Waals surface area contributed by atoms with Crippen LogP contribution in [0.5, 0.6) is 0 Å². The van der Waals surface area contributed by atoms with E-state index in [0.717, 1.165) is 48.4 Å². The summed E-state index contributed by atoms with van der Waals surface area (Å²) < 4.78 is 215. The zero-order valence-electron chi connectivity index (χ0n) is 66.8. The highest BCUT2D eigenvalue weighted by Gasteiger charge is 2.60. The maximum absolute atomic E-state index is 16.0. The number of nitrogen functional groups attached to an aromatic ring is 3. The van der Waals surface area contributed by atoms with E-state index >= 15 is 26.3 Å². The number of nitrogens with zero attached hydrogens (tertiary/aromatic N) is 20. The van der Waals surface area contributed by atoms with Crippen molar-refractivity contribution >= 4 is 216 Å². The number of carbonyl (C=O) groups excluding carboxylic acids is 3. The topological polar surface area (TPSA) is 721 Å². The van der Waals surface area contributed by atoms with Gasteiger partial charge in [-0.05, 0) is 59.0 Å². The van der Waals surface area contributed by atoms with Gasteiger partial charge in [-0.2, -0.15) is 24.3 Å². The van der Waals surface area contributed by atoms with Gasteiger partial charge in [0, 0.05) is 37.9 Å². The van der Waals surface area contributed by atoms with Crippen LogP contribution in [0, 0.1) is 0 Å². The Kier molecular flexibility index (Phi) is 26.3. The van der Waals surface area contributed by atoms with Gasteiger partial charge in [-0.1, -0.05) is 22.7 Å². The maximum Gasteiger partial charge on any atom is 0.386 e. The minimum atomic E-state index is -4.50. The number of carbonyl (C=O) groups is 3. The van der Waals surface area contributed by atoms with Crippen LogP contribution in [0.1, 0.15) is 88.1 Å². The number of ether oxygens (including phenoxy) is 6. The van der Waals surface area contributed by atoms with Gasteiger partial charge in [0.15, 0.2) is 160 Å². The van der Waals surface area contributed by atoms with Gasteiger partial charge >= 0.3 is 40.4 Å². The summed E-state index contributed by atoms with van der Waals surface area (Å²) in [7, 11) is 0. The van der Waals surface area contributed by atoms with E-state index < -0.39 is 256 Å². The van der Waals surface area contributed by atoms with E-state index in [1.807, 2.05) is 0 Å². The normalized spacial score (nSPS) is 38.8. The fourth-order valence-electron chi connectivity index (χ4n) is 15.8. The summed E-state index contributed by atoms with van der Waals surface area (Å²) in [6.07, 6.45) is -32.2. The van der Waals surface area contributed by atoms with Gasteiger partial charge in [-0.15, -0.1) is 10.2 Å². The molecule has 21 rings (SSSR count). The number of nitrogens with one attached hydrogen (secondary N) is 3. The van der Waals surface area contributed by atoms with Crippen LogP contribution in [0.15, 0.2) is 54.7 Å². The van der Waals surface area contributed by atoms with Gasteiger partial charge < -0.3 is 92.7 Å². The number of nitrogens with two attached hydrogens (primary N) is 3. The van der Waals surface area contributed by atoms with Gasteiger partial charge in [0.1, 0.15) is 73.2 Å². The molecule has 12 aliphatic rings. The average Bonchev–Trinajstić information content (AvgIpc) is 1.62. The van der Waals surface area contributed by atoms with Crippen LogP contribution in [0.4, 0.5) is 61.6 Å². The van der Waals surface area contributed by atoms with Gasteiger partial charge in [-0.3, -0.25) is 93.7 Å². The lowest BCUT2D eigenvalue weighted by Gasteiger charge is -2.27. The number of halogens is 6. The zero-order valence-corrected chi connectivity index (χ0v) is 77.2. The van der Waals surface area contributed by atoms with Crippen LogP contribution < -0.4 is 33.9 Å². The second-order valence-electron chi connectivity index (χ2n) is 30.4. The van der Waals surface area contributed by atoms with Crippen molar-refractivity contribution in [3.8, 4) is 0 Å². The molecule has 9 aromatic heterocycles. The molecule has 6 unspecified atom stereocenters. The van der Waals surface area contributed by atoms with Crippen molar-refractivity contribution in [2.24, 2.45) is 15.0 Å². The molecule has 0 saturated carbocycles. The van der Waals surface area contributed by atoms with Crippen molar-refractivity contribution < 1.29 is 152 Å². The average molecular weight is 2130 g/mol. The zero-order chi connectivity index (χ0) is 95.5. The molecular formula is C61H64F6N26O30P6S6. The smallest absolute Gasteiger partial charge is 0.369 e. The summed E-state index contributed by atoms with van der Waals surface area (Å²) in [5.74, 6) is -2.02. The molecule has 0 aliphatic carbocycles. The van der Waals surface area contributed by atoms with E-state index in [1.54, 1.807) is 0 Å². The number of thiol groups is 1. The van der Waals surface area contributed by atoms with Crippen LogP contribution in [-0.4, -0.2) is 308 Å². The number of aromatic nitrogens is 20. The van der Waals surface area contributed by atoms with Crippen molar-refractivity contribution in [2.75, 3.05) is 56.8 Å². The number of alkyl halides is 6. The molecular weight excluding hydrogens is 2070 g/mol. The first-order chi connectivity index (χ1) is 63.9. The molecule has 9 aromatic rings. The van der Waals surface area contributed by atoms with Crippen molar-refractivity contribution in [1.82, 2.24) is 98.1 Å². The minimum Gasteiger partial charge on any atom is -0.369 e. The lowest BCUT2D eigenvalue weighted by atomic mass is 10.1. The molecule has 0 spiro atoms. The summed E-state index contributed by atoms with van der Waals surface area (Å²) in [5, 5.41) is 15.1. The predicted octanol–water partition coefficient (Wildman–Crippen LogP) is 1.44. The molecule has 12 aliphatic heterocycles. The van der Waals surface area contributed by atoms with Crippen LogP contribution >= 0.6 is 52.6 Å². The predicted molar refractivity (Wildman–Crippen MR) is 458 cm³/mol. The monoisotopic (exact) mass is 2130 g/mol. The van der Waals surface area contributed by atoms with Crippen molar-refractivity contribution in [2.45, 2.75) is 167 Å². The number of H-pyrrole nitrogens is 3. The molecule has 0 aromatic carbocycles. The molecule has 0 radical (unpaired) electrons. The first kappa shape index (κ1) is 96.3. The van der Waals surface area contributed by atoms with Crippen LogP contribution in [0.2, 0.25) is 0 Å². The molecule has 14 N–H and O–H groups in total. The molecule has 30 atom stereocenters. The highest BCUT2D eigenvalue weighted by atomic mass is 32.7. The highest BCUT2D eigenvalue weighted by molar-refractivity contribution is 8.44. The van der Waals surface area contributed by atoms with Crippen molar-refractivity contribution in [1.29, 1.82) is 0 Å². The van der Waals surface area contributed by atoms with Crippen LogP contribution in [-0.2, 0) is 146 Å². The summed E-state index contributed by atoms with van der Waals surface area (Å²) in [6, 6.07) is 0. The lowest BCUT2D eigenvalue weighted by molar-refractivity contribution is -0.0621. The lowest BCUT2D eigenvalue weighted by Crippen LogP contribution is -2.34. The molecule has 0 amide bonds. The fourth-order valence-corrected chi connectivity index (χ4v) is 24.4. The number of ketones is 3. The first-order valence-electron chi connectivity index (χ1n) is 39.0. The molecule has 74 heteroatoms. The SMILES string of the molecule is Nc1nc2c(ncn2[C@@H]2O[C@@H]3COP(O)(=S)O[C@H]4[C@H](F)[C@H](n5cnc6c5N=CCC6=O)O[C@@H]4COP(=O)(S)O[C@@H]2[C@H]3F)c(=O)[nH]1.Nc1nc2c(ncn2[C@@H]2O[C@@H]3COP(O)(=S)O[C@H]4[C@H](F)[C@H](n5nnc6c5N=CCC6=O)O[C@@H]4COP(O)(=S)O[C@@H]2[C@H]3F)c(=O)[nH]1.Nc1nc2c(ncn2[C@@H]2O[C@@H]3COP(O)(=S)O[C@H]4[C@H](F)[C@H](n5nnc6c5N=CCC6=O)O[C@@H]4COP(O)(=S)O[C@@H]2[C@H]3F)c(=O)[nH]1. The van der Waals surface area contributed by atoms with Gasteiger partial charge in [-0.25, -0.2) is 65.8 Å². The number of hydrogen-bond donors (Lipinski definition) is 12. The Bertz CT molecular complexity index is 6260. The van der Waals surface area contributed by atoms with E-state index in [-0.39, 0.29) is 111 Å². The quantitative estimate of drug-likeness (QED) is 0.0636. The van der Waals surface area contributed by atoms with Crippen molar-refractivity contribution in [3.63, 3.8) is 0 Å². The van der Waals surface area contributed by atoms with Crippen molar-refractivity contribution in [3.05, 3.63) is 73.5 Å². The van der Waals surface area contributed by atoms with E-state index in [2.05, 4.69) is 97.7 Å². The number of hydrogen-bond acceptors (Lipinski definition) is 47. The van der Waals surface area contributed by atoms with E-state index in [0.29, 0.717) is 0 Å². The molecule has 9 saturated heterocycles. The largest absolute Gasteiger partial charge is 0.386 e. The maximum atomic E-state index is 16.0. The van der Waals surface area contributed by atoms with Crippen LogP contribution in [0.25, 0.3) is 33.5 Å². The molecule has 726 valence electrons. The van der Waals surface area contributed by atoms with E-state index in [9.17, 15) is 57.8 Å². The minimum absolute atomic E-state index is 0.00967. The molecule has 21 heterocycles. The molecule has 135 heavy (non-hydrogen) atoms. The third kappa shape index (κ3) is 18.8. The van der Waals surface area contributed by atoms with Crippen LogP contribution in [0.3, 0.4) is 0 Å². The number of aliphatic imine (C=N–C) groups is 3. The number of rotatable bonds is 6. The van der Waals surface area contributed by atoms with Gasteiger partial charge in [0.2, 0.25) is 17.8 Å². The number of imidazole rings is 4. The molecule has 56 nitrogen and oxygen atoms in total. The third-order valence-electron chi connectivity index (χ3n) is 21.8. The Morgan fingerprint density at radius 2 is 0.659 bits per heavy atom. The second kappa shape index (κ2) is 36.8.